The Labute approximate surface area is 210 Å². The average molecular weight is 493 g/mol. The van der Waals surface area contributed by atoms with Gasteiger partial charge in [-0.15, -0.1) is 0 Å². The number of benzene rings is 2. The largest absolute Gasteiger partial charge is 0.481 e. The predicted molar refractivity (Wildman–Crippen MR) is 136 cm³/mol. The molecule has 0 bridgehead atoms. The summed E-state index contributed by atoms with van der Waals surface area (Å²) in [5.41, 5.74) is 0.704. The molecule has 0 spiro atoms. The number of esters is 1. The molecule has 6 nitrogen and oxygen atoms in total. The lowest BCUT2D eigenvalue weighted by Gasteiger charge is -2.28. The minimum atomic E-state index is -0.739. The van der Waals surface area contributed by atoms with Gasteiger partial charge in [-0.1, -0.05) is 42.5 Å². The quantitative estimate of drug-likeness (QED) is 0.412. The van der Waals surface area contributed by atoms with Crippen LogP contribution in [0.15, 0.2) is 59.4 Å². The van der Waals surface area contributed by atoms with E-state index in [4.69, 9.17) is 9.47 Å². The number of aromatic amines is 1. The molecule has 4 rings (SSSR count). The average Bonchev–Trinajstić information content (AvgIpc) is 2.84. The molecule has 1 aliphatic rings. The molecule has 1 aromatic heterocycles. The Morgan fingerprint density at radius 2 is 1.69 bits per heavy atom. The van der Waals surface area contributed by atoms with Gasteiger partial charge in [0, 0.05) is 6.42 Å². The molecule has 0 atom stereocenters. The molecule has 0 amide bonds. The van der Waals surface area contributed by atoms with Crippen LogP contribution in [0.25, 0.3) is 0 Å². The molecule has 7 heteroatoms. The molecule has 0 saturated heterocycles. The Balaban J connectivity index is 1.49. The summed E-state index contributed by atoms with van der Waals surface area (Å²) in [6.07, 6.45) is 4.44. The molecule has 2 aromatic carbocycles. The summed E-state index contributed by atoms with van der Waals surface area (Å²) in [6, 6.07) is 16.2. The number of halogens is 1. The van der Waals surface area contributed by atoms with Crippen LogP contribution in [0.1, 0.15) is 79.8 Å². The van der Waals surface area contributed by atoms with E-state index in [1.165, 1.54) is 12.1 Å². The zero-order valence-corrected chi connectivity index (χ0v) is 21.1. The Bertz CT molecular complexity index is 1220. The van der Waals surface area contributed by atoms with Crippen LogP contribution >= 0.6 is 0 Å². The lowest BCUT2D eigenvalue weighted by molar-refractivity contribution is 0.00571. The number of aromatic nitrogens is 2. The molecule has 0 radical (unpaired) electrons. The maximum Gasteiger partial charge on any atom is 0.361 e. The van der Waals surface area contributed by atoms with E-state index >= 15 is 0 Å². The first-order valence-corrected chi connectivity index (χ1v) is 12.5. The summed E-state index contributed by atoms with van der Waals surface area (Å²) in [7, 11) is 0. The van der Waals surface area contributed by atoms with E-state index in [-0.39, 0.29) is 23.9 Å². The number of carbonyl (C=O) groups is 1. The van der Waals surface area contributed by atoms with Crippen molar-refractivity contribution < 1.29 is 18.7 Å². The van der Waals surface area contributed by atoms with Gasteiger partial charge < -0.3 is 14.5 Å². The van der Waals surface area contributed by atoms with Crippen molar-refractivity contribution in [3.8, 4) is 5.75 Å². The Morgan fingerprint density at radius 3 is 2.33 bits per heavy atom. The van der Waals surface area contributed by atoms with E-state index in [2.05, 4.69) is 9.97 Å². The van der Waals surface area contributed by atoms with E-state index in [9.17, 15) is 14.0 Å². The van der Waals surface area contributed by atoms with Gasteiger partial charge in [0.2, 0.25) is 5.75 Å². The van der Waals surface area contributed by atoms with Crippen LogP contribution in [-0.2, 0) is 17.8 Å². The van der Waals surface area contributed by atoms with Crippen molar-refractivity contribution in [1.29, 1.82) is 0 Å². The van der Waals surface area contributed by atoms with Crippen LogP contribution in [0.5, 0.6) is 5.75 Å². The number of rotatable bonds is 7. The topological polar surface area (TPSA) is 81.3 Å². The van der Waals surface area contributed by atoms with Gasteiger partial charge in [-0.25, -0.2) is 14.2 Å². The van der Waals surface area contributed by atoms with Crippen LogP contribution in [0, 0.1) is 11.7 Å². The molecular weight excluding hydrogens is 459 g/mol. The van der Waals surface area contributed by atoms with Crippen molar-refractivity contribution in [2.45, 2.75) is 71.0 Å². The number of nitrogens with zero attached hydrogens (tertiary/aromatic N) is 1. The highest BCUT2D eigenvalue weighted by atomic mass is 19.1. The summed E-state index contributed by atoms with van der Waals surface area (Å²) in [4.78, 5) is 33.3. The van der Waals surface area contributed by atoms with Gasteiger partial charge >= 0.3 is 5.97 Å². The monoisotopic (exact) mass is 492 g/mol. The van der Waals surface area contributed by atoms with E-state index in [0.29, 0.717) is 24.1 Å². The molecule has 36 heavy (non-hydrogen) atoms. The number of ether oxygens (including phenoxy) is 2. The molecule has 1 heterocycles. The third kappa shape index (κ3) is 6.80. The third-order valence-corrected chi connectivity index (χ3v) is 6.41. The van der Waals surface area contributed by atoms with Crippen LogP contribution < -0.4 is 10.3 Å². The van der Waals surface area contributed by atoms with Crippen molar-refractivity contribution in [2.24, 2.45) is 5.92 Å². The maximum atomic E-state index is 13.3. The van der Waals surface area contributed by atoms with Gasteiger partial charge in [-0.2, -0.15) is 0 Å². The van der Waals surface area contributed by atoms with E-state index < -0.39 is 17.1 Å². The molecule has 1 saturated carbocycles. The summed E-state index contributed by atoms with van der Waals surface area (Å²) in [5.74, 6) is 0.153. The third-order valence-electron chi connectivity index (χ3n) is 6.41. The maximum absolute atomic E-state index is 13.3. The Kier molecular flexibility index (Phi) is 7.87. The van der Waals surface area contributed by atoms with Gasteiger partial charge in [0.25, 0.3) is 5.56 Å². The van der Waals surface area contributed by atoms with Gasteiger partial charge in [0.1, 0.15) is 23.8 Å². The smallest absolute Gasteiger partial charge is 0.361 e. The fourth-order valence-electron chi connectivity index (χ4n) is 4.64. The van der Waals surface area contributed by atoms with Crippen molar-refractivity contribution in [3.63, 3.8) is 0 Å². The molecule has 190 valence electrons. The second kappa shape index (κ2) is 11.1. The normalized spacial score (nSPS) is 18.0. The molecular formula is C29H33FN2O4. The lowest BCUT2D eigenvalue weighted by Crippen LogP contribution is -2.28. The minimum absolute atomic E-state index is 0.0976. The summed E-state index contributed by atoms with van der Waals surface area (Å²) < 4.78 is 24.6. The highest BCUT2D eigenvalue weighted by molar-refractivity contribution is 5.90. The second-order valence-corrected chi connectivity index (χ2v) is 10.4. The van der Waals surface area contributed by atoms with Gasteiger partial charge in [0.15, 0.2) is 5.69 Å². The Morgan fingerprint density at radius 1 is 1.03 bits per heavy atom. The summed E-state index contributed by atoms with van der Waals surface area (Å²) in [6.45, 7) is 5.43. The number of carbonyl (C=O) groups excluding carboxylic acids is 1. The summed E-state index contributed by atoms with van der Waals surface area (Å²) in [5, 5.41) is 0. The highest BCUT2D eigenvalue weighted by Crippen LogP contribution is 2.37. The molecule has 0 unspecified atom stereocenters. The van der Waals surface area contributed by atoms with Crippen LogP contribution in [0.2, 0.25) is 0 Å². The van der Waals surface area contributed by atoms with Crippen LogP contribution in [0.3, 0.4) is 0 Å². The number of hydrogen-bond acceptors (Lipinski definition) is 5. The predicted octanol–water partition coefficient (Wildman–Crippen LogP) is 5.96. The first kappa shape index (κ1) is 25.6. The molecule has 1 aliphatic carbocycles. The standard InChI is InChI=1S/C29H33FN2O4/c1-29(2,3)36-28(34)25-26(35-18-20-7-5-4-6-8-20)27(33)32-24(31-25)17-19-9-11-21(12-10-19)22-13-15-23(30)16-14-22/h4-8,13-16,19,21H,9-12,17-18H2,1-3H3,(H,31,32,33). The molecule has 3 aromatic rings. The van der Waals surface area contributed by atoms with Crippen molar-refractivity contribution >= 4 is 5.97 Å². The lowest BCUT2D eigenvalue weighted by atomic mass is 9.77. The highest BCUT2D eigenvalue weighted by Gasteiger charge is 2.28. The number of hydrogen-bond donors (Lipinski definition) is 1. The zero-order valence-electron chi connectivity index (χ0n) is 21.1. The first-order valence-electron chi connectivity index (χ1n) is 12.5. The minimum Gasteiger partial charge on any atom is -0.481 e. The fourth-order valence-corrected chi connectivity index (χ4v) is 4.64. The van der Waals surface area contributed by atoms with Gasteiger partial charge in [0.05, 0.1) is 0 Å². The zero-order chi connectivity index (χ0) is 25.7. The van der Waals surface area contributed by atoms with Crippen molar-refractivity contribution in [3.05, 3.63) is 93.4 Å². The van der Waals surface area contributed by atoms with E-state index in [0.717, 1.165) is 36.8 Å². The van der Waals surface area contributed by atoms with E-state index in [1.54, 1.807) is 20.8 Å². The molecule has 1 N–H and O–H groups in total. The number of nitrogens with one attached hydrogen (secondary N) is 1. The van der Waals surface area contributed by atoms with Gasteiger partial charge in [-0.05, 0) is 81.5 Å². The van der Waals surface area contributed by atoms with Crippen LogP contribution in [-0.4, -0.2) is 21.5 Å². The van der Waals surface area contributed by atoms with Crippen molar-refractivity contribution in [2.75, 3.05) is 0 Å². The SMILES string of the molecule is CC(C)(C)OC(=O)c1nc(CC2CCC(c3ccc(F)cc3)CC2)[nH]c(=O)c1OCc1ccccc1. The fraction of sp³-hybridized carbons (Fsp3) is 0.414. The first-order chi connectivity index (χ1) is 17.2. The molecule has 1 fully saturated rings. The van der Waals surface area contributed by atoms with Gasteiger partial charge in [-0.3, -0.25) is 4.79 Å². The summed E-state index contributed by atoms with van der Waals surface area (Å²) >= 11 is 0. The number of H-pyrrole nitrogens is 1. The van der Waals surface area contributed by atoms with Crippen molar-refractivity contribution in [1.82, 2.24) is 9.97 Å². The Hall–Kier alpha value is -3.48. The molecule has 0 aliphatic heterocycles. The van der Waals surface area contributed by atoms with Crippen LogP contribution in [0.4, 0.5) is 4.39 Å². The van der Waals surface area contributed by atoms with E-state index in [1.807, 2.05) is 42.5 Å². The second-order valence-electron chi connectivity index (χ2n) is 10.4.